The molecule has 1 saturated carbocycles. The minimum Gasteiger partial charge on any atom is -0.316 e. The normalized spacial score (nSPS) is 20.2. The maximum absolute atomic E-state index is 12.8. The Balaban J connectivity index is 2.02. The molecule has 1 aromatic carbocycles. The smallest absolute Gasteiger partial charge is 0.228 e. The van der Waals surface area contributed by atoms with E-state index in [0.717, 1.165) is 5.56 Å². The van der Waals surface area contributed by atoms with Crippen LogP contribution in [0.3, 0.4) is 0 Å². The number of carbonyl (C=O) groups is 1. The highest BCUT2D eigenvalue weighted by Gasteiger charge is 2.45. The number of nitriles is 2. The van der Waals surface area contributed by atoms with E-state index in [2.05, 4.69) is 0 Å². The fourth-order valence-corrected chi connectivity index (χ4v) is 2.16. The summed E-state index contributed by atoms with van der Waals surface area (Å²) in [5, 5.41) is 17.3. The van der Waals surface area contributed by atoms with Gasteiger partial charge in [0.1, 0.15) is 18.9 Å². The number of nitrogens with zero attached hydrogens (tertiary/aromatic N) is 3. The van der Waals surface area contributed by atoms with Crippen molar-refractivity contribution < 1.29 is 9.18 Å². The van der Waals surface area contributed by atoms with Crippen molar-refractivity contribution in [3.05, 3.63) is 35.6 Å². The first-order valence-corrected chi connectivity index (χ1v) is 5.95. The summed E-state index contributed by atoms with van der Waals surface area (Å²) in [5.74, 6) is -0.583. The summed E-state index contributed by atoms with van der Waals surface area (Å²) in [4.78, 5) is 13.3. The van der Waals surface area contributed by atoms with E-state index in [9.17, 15) is 9.18 Å². The average Bonchev–Trinajstić information content (AvgIpc) is 3.19. The van der Waals surface area contributed by atoms with Crippen LogP contribution in [0.1, 0.15) is 17.9 Å². The third-order valence-corrected chi connectivity index (χ3v) is 3.24. The Labute approximate surface area is 110 Å². The van der Waals surface area contributed by atoms with E-state index < -0.39 is 0 Å². The van der Waals surface area contributed by atoms with Crippen molar-refractivity contribution >= 4 is 5.91 Å². The zero-order valence-corrected chi connectivity index (χ0v) is 10.2. The molecule has 2 rings (SSSR count). The van der Waals surface area contributed by atoms with Crippen LogP contribution in [-0.4, -0.2) is 23.9 Å². The zero-order chi connectivity index (χ0) is 13.8. The maximum atomic E-state index is 12.8. The van der Waals surface area contributed by atoms with Gasteiger partial charge < -0.3 is 4.90 Å². The zero-order valence-electron chi connectivity index (χ0n) is 10.2. The first-order chi connectivity index (χ1) is 9.17. The van der Waals surface area contributed by atoms with Crippen molar-refractivity contribution in [3.63, 3.8) is 0 Å². The number of rotatable bonds is 4. The van der Waals surface area contributed by atoms with Crippen LogP contribution in [0.4, 0.5) is 4.39 Å². The minimum absolute atomic E-state index is 0.0704. The Hall–Kier alpha value is -2.40. The van der Waals surface area contributed by atoms with E-state index in [-0.39, 0.29) is 36.6 Å². The second-order valence-electron chi connectivity index (χ2n) is 4.51. The maximum Gasteiger partial charge on any atom is 0.228 e. The lowest BCUT2D eigenvalue weighted by Crippen LogP contribution is -2.33. The van der Waals surface area contributed by atoms with Gasteiger partial charge in [0, 0.05) is 5.92 Å². The fourth-order valence-electron chi connectivity index (χ4n) is 2.16. The van der Waals surface area contributed by atoms with Gasteiger partial charge in [0.15, 0.2) is 0 Å². The van der Waals surface area contributed by atoms with Crippen molar-refractivity contribution in [2.75, 3.05) is 13.1 Å². The van der Waals surface area contributed by atoms with Crippen LogP contribution in [0.5, 0.6) is 0 Å². The van der Waals surface area contributed by atoms with E-state index in [1.165, 1.54) is 17.0 Å². The number of halogens is 1. The van der Waals surface area contributed by atoms with Gasteiger partial charge in [-0.05, 0) is 30.0 Å². The molecule has 0 radical (unpaired) electrons. The minimum atomic E-state index is -0.303. The molecule has 0 N–H and O–H groups in total. The molecule has 2 atom stereocenters. The van der Waals surface area contributed by atoms with Crippen LogP contribution in [0.2, 0.25) is 0 Å². The predicted octanol–water partition coefficient (Wildman–Crippen LogP) is 1.80. The molecule has 1 amide bonds. The van der Waals surface area contributed by atoms with Gasteiger partial charge >= 0.3 is 0 Å². The monoisotopic (exact) mass is 257 g/mol. The second kappa shape index (κ2) is 5.49. The molecule has 1 aromatic rings. The Morgan fingerprint density at radius 2 is 1.84 bits per heavy atom. The van der Waals surface area contributed by atoms with Crippen molar-refractivity contribution in [2.45, 2.75) is 12.3 Å². The lowest BCUT2D eigenvalue weighted by molar-refractivity contribution is -0.131. The molecule has 0 spiro atoms. The molecule has 19 heavy (non-hydrogen) atoms. The first kappa shape index (κ1) is 13.0. The molecule has 1 fully saturated rings. The van der Waals surface area contributed by atoms with Crippen LogP contribution < -0.4 is 0 Å². The molecule has 5 heteroatoms. The molecule has 1 aliphatic rings. The van der Waals surface area contributed by atoms with Crippen molar-refractivity contribution in [1.82, 2.24) is 4.90 Å². The second-order valence-corrected chi connectivity index (χ2v) is 4.51. The van der Waals surface area contributed by atoms with E-state index in [4.69, 9.17) is 10.5 Å². The first-order valence-electron chi connectivity index (χ1n) is 5.95. The molecule has 0 aliphatic heterocycles. The highest BCUT2D eigenvalue weighted by molar-refractivity contribution is 5.83. The standard InChI is InChI=1S/C14H12FN3O/c15-11-3-1-10(2-4-11)12-9-13(12)14(19)18(7-5-16)8-6-17/h1-4,12-13H,7-9H2. The molecule has 2 unspecified atom stereocenters. The average molecular weight is 257 g/mol. The molecule has 0 saturated heterocycles. The third kappa shape index (κ3) is 2.89. The summed E-state index contributed by atoms with van der Waals surface area (Å²) in [6.07, 6.45) is 0.692. The molecule has 0 heterocycles. The SMILES string of the molecule is N#CCN(CC#N)C(=O)C1CC1c1ccc(F)cc1. The number of benzene rings is 1. The quantitative estimate of drug-likeness (QED) is 0.772. The van der Waals surface area contributed by atoms with Gasteiger partial charge in [-0.2, -0.15) is 10.5 Å². The predicted molar refractivity (Wildman–Crippen MR) is 65.1 cm³/mol. The van der Waals surface area contributed by atoms with Crippen LogP contribution in [-0.2, 0) is 4.79 Å². The number of hydrogen-bond acceptors (Lipinski definition) is 3. The number of amides is 1. The number of hydrogen-bond donors (Lipinski definition) is 0. The highest BCUT2D eigenvalue weighted by atomic mass is 19.1. The lowest BCUT2D eigenvalue weighted by Gasteiger charge is -2.15. The van der Waals surface area contributed by atoms with Crippen molar-refractivity contribution in [2.24, 2.45) is 5.92 Å². The Morgan fingerprint density at radius 1 is 1.26 bits per heavy atom. The Morgan fingerprint density at radius 3 is 2.37 bits per heavy atom. The topological polar surface area (TPSA) is 67.9 Å². The summed E-state index contributed by atoms with van der Waals surface area (Å²) >= 11 is 0. The van der Waals surface area contributed by atoms with Crippen LogP contribution in [0.15, 0.2) is 24.3 Å². The van der Waals surface area contributed by atoms with Crippen molar-refractivity contribution in [1.29, 1.82) is 10.5 Å². The summed E-state index contributed by atoms with van der Waals surface area (Å²) in [6.45, 7) is -0.141. The largest absolute Gasteiger partial charge is 0.316 e. The van der Waals surface area contributed by atoms with Gasteiger partial charge in [0.25, 0.3) is 0 Å². The lowest BCUT2D eigenvalue weighted by atomic mass is 10.1. The Bertz CT molecular complexity index is 540. The van der Waals surface area contributed by atoms with E-state index in [1.54, 1.807) is 12.1 Å². The summed E-state index contributed by atoms with van der Waals surface area (Å²) < 4.78 is 12.8. The van der Waals surface area contributed by atoms with E-state index in [0.29, 0.717) is 6.42 Å². The van der Waals surface area contributed by atoms with Crippen LogP contribution in [0.25, 0.3) is 0 Å². The van der Waals surface area contributed by atoms with E-state index in [1.807, 2.05) is 12.1 Å². The summed E-state index contributed by atoms with van der Waals surface area (Å²) in [6, 6.07) is 9.86. The summed E-state index contributed by atoms with van der Waals surface area (Å²) in [5.41, 5.74) is 0.925. The molecule has 96 valence electrons. The van der Waals surface area contributed by atoms with Gasteiger partial charge in [0.05, 0.1) is 12.1 Å². The van der Waals surface area contributed by atoms with Gasteiger partial charge in [0.2, 0.25) is 5.91 Å². The Kier molecular flexibility index (Phi) is 3.77. The van der Waals surface area contributed by atoms with Gasteiger partial charge in [-0.3, -0.25) is 4.79 Å². The molecule has 4 nitrogen and oxygen atoms in total. The van der Waals surface area contributed by atoms with Crippen LogP contribution >= 0.6 is 0 Å². The molecule has 1 aliphatic carbocycles. The number of carbonyl (C=O) groups excluding carboxylic acids is 1. The van der Waals surface area contributed by atoms with Gasteiger partial charge in [-0.1, -0.05) is 12.1 Å². The van der Waals surface area contributed by atoms with Crippen LogP contribution in [0, 0.1) is 34.4 Å². The van der Waals surface area contributed by atoms with E-state index >= 15 is 0 Å². The summed E-state index contributed by atoms with van der Waals surface area (Å²) in [7, 11) is 0. The van der Waals surface area contributed by atoms with Gasteiger partial charge in [-0.15, -0.1) is 0 Å². The fraction of sp³-hybridized carbons (Fsp3) is 0.357. The van der Waals surface area contributed by atoms with Gasteiger partial charge in [-0.25, -0.2) is 4.39 Å². The molecule has 0 bridgehead atoms. The molecule has 0 aromatic heterocycles. The highest BCUT2D eigenvalue weighted by Crippen LogP contribution is 2.48. The third-order valence-electron chi connectivity index (χ3n) is 3.24. The van der Waals surface area contributed by atoms with Crippen molar-refractivity contribution in [3.8, 4) is 12.1 Å². The molecular formula is C14H12FN3O. The molecular weight excluding hydrogens is 245 g/mol.